The lowest BCUT2D eigenvalue weighted by molar-refractivity contribution is 0.145. The second-order valence-corrected chi connectivity index (χ2v) is 3.90. The molecule has 1 heterocycles. The number of hydrogen-bond donors (Lipinski definition) is 0. The summed E-state index contributed by atoms with van der Waals surface area (Å²) in [6.45, 7) is 1.60. The van der Waals surface area contributed by atoms with Crippen LogP contribution in [-0.2, 0) is 6.42 Å². The molecule has 0 bridgehead atoms. The van der Waals surface area contributed by atoms with Crippen LogP contribution in [0.5, 0.6) is 0 Å². The maximum Gasteiger partial charge on any atom is 0.280 e. The maximum atomic E-state index is 12.5. The van der Waals surface area contributed by atoms with Gasteiger partial charge in [0.2, 0.25) is 0 Å². The Morgan fingerprint density at radius 2 is 2.29 bits per heavy atom. The van der Waals surface area contributed by atoms with Gasteiger partial charge in [0.1, 0.15) is 5.69 Å². The summed E-state index contributed by atoms with van der Waals surface area (Å²) in [5.74, 6) is 0. The highest BCUT2D eigenvalue weighted by atomic mass is 127. The summed E-state index contributed by atoms with van der Waals surface area (Å²) in [6, 6.07) is 3.54. The van der Waals surface area contributed by atoms with Crippen molar-refractivity contribution in [3.05, 3.63) is 26.6 Å². The van der Waals surface area contributed by atoms with Gasteiger partial charge in [-0.05, 0) is 41.1 Å². The van der Waals surface area contributed by atoms with Gasteiger partial charge in [-0.3, -0.25) is 4.98 Å². The van der Waals surface area contributed by atoms with Gasteiger partial charge in [0.15, 0.2) is 0 Å². The lowest BCUT2D eigenvalue weighted by Gasteiger charge is -2.07. The Morgan fingerprint density at radius 1 is 1.64 bits per heavy atom. The maximum absolute atomic E-state index is 12.5. The Hall–Kier alpha value is -0.770. The van der Waals surface area contributed by atoms with Crippen LogP contribution >= 0.6 is 22.6 Å². The second kappa shape index (κ2) is 4.64. The Labute approximate surface area is 94.1 Å². The molecule has 0 aliphatic heterocycles. The molecule has 0 radical (unpaired) electrons. The van der Waals surface area contributed by atoms with Gasteiger partial charge in [0.05, 0.1) is 18.2 Å². The number of alkyl halides is 2. The number of nitrogens with zero attached hydrogens (tertiary/aromatic N) is 2. The second-order valence-electron chi connectivity index (χ2n) is 2.74. The zero-order valence-electron chi connectivity index (χ0n) is 7.39. The molecule has 0 saturated heterocycles. The highest BCUT2D eigenvalue weighted by Gasteiger charge is 2.15. The minimum atomic E-state index is -2.58. The van der Waals surface area contributed by atoms with Crippen LogP contribution in [0.2, 0.25) is 0 Å². The summed E-state index contributed by atoms with van der Waals surface area (Å²) < 4.78 is 25.7. The number of rotatable bonds is 2. The SMILES string of the molecule is Cc1c(I)cc(CC#N)nc1C(F)F. The van der Waals surface area contributed by atoms with Crippen molar-refractivity contribution in [3.63, 3.8) is 0 Å². The van der Waals surface area contributed by atoms with Crippen molar-refractivity contribution in [1.82, 2.24) is 4.98 Å². The van der Waals surface area contributed by atoms with E-state index in [1.54, 1.807) is 13.0 Å². The first kappa shape index (κ1) is 11.3. The van der Waals surface area contributed by atoms with Gasteiger partial charge in [-0.2, -0.15) is 5.26 Å². The Balaban J connectivity index is 3.22. The third-order valence-electron chi connectivity index (χ3n) is 1.77. The summed E-state index contributed by atoms with van der Waals surface area (Å²) >= 11 is 1.97. The molecule has 0 unspecified atom stereocenters. The van der Waals surface area contributed by atoms with Crippen LogP contribution < -0.4 is 0 Å². The average molecular weight is 308 g/mol. The van der Waals surface area contributed by atoms with E-state index in [9.17, 15) is 8.78 Å². The molecule has 0 amide bonds. The van der Waals surface area contributed by atoms with E-state index in [0.29, 0.717) is 11.3 Å². The summed E-state index contributed by atoms with van der Waals surface area (Å²) in [7, 11) is 0. The Kier molecular flexibility index (Phi) is 3.75. The molecule has 0 fully saturated rings. The van der Waals surface area contributed by atoms with E-state index in [1.807, 2.05) is 28.7 Å². The standard InChI is InChI=1S/C9H7F2IN2/c1-5-7(12)4-6(2-3-13)14-8(5)9(10)11/h4,9H,2H2,1H3. The molecule has 1 aromatic rings. The van der Waals surface area contributed by atoms with Gasteiger partial charge in [-0.25, -0.2) is 8.78 Å². The monoisotopic (exact) mass is 308 g/mol. The van der Waals surface area contributed by atoms with Gasteiger partial charge in [0.25, 0.3) is 6.43 Å². The van der Waals surface area contributed by atoms with E-state index in [1.165, 1.54) is 0 Å². The number of pyridine rings is 1. The summed E-state index contributed by atoms with van der Waals surface area (Å²) in [6.07, 6.45) is -2.52. The molecule has 0 spiro atoms. The Bertz CT molecular complexity index is 385. The largest absolute Gasteiger partial charge is 0.280 e. The molecular formula is C9H7F2IN2. The summed E-state index contributed by atoms with van der Waals surface area (Å²) in [4.78, 5) is 3.75. The molecule has 1 aromatic heterocycles. The van der Waals surface area contributed by atoms with Gasteiger partial charge in [0, 0.05) is 3.57 Å². The lowest BCUT2D eigenvalue weighted by Crippen LogP contribution is -2.01. The van der Waals surface area contributed by atoms with Crippen LogP contribution in [0.1, 0.15) is 23.4 Å². The van der Waals surface area contributed by atoms with Crippen LogP contribution in [0.4, 0.5) is 8.78 Å². The fraction of sp³-hybridized carbons (Fsp3) is 0.333. The van der Waals surface area contributed by atoms with E-state index < -0.39 is 6.43 Å². The van der Waals surface area contributed by atoms with E-state index in [2.05, 4.69) is 4.98 Å². The van der Waals surface area contributed by atoms with Crippen molar-refractivity contribution < 1.29 is 8.78 Å². The van der Waals surface area contributed by atoms with E-state index >= 15 is 0 Å². The molecule has 74 valence electrons. The molecule has 0 saturated carbocycles. The first-order valence-electron chi connectivity index (χ1n) is 3.87. The minimum absolute atomic E-state index is 0.0655. The van der Waals surface area contributed by atoms with Crippen molar-refractivity contribution >= 4 is 22.6 Å². The van der Waals surface area contributed by atoms with E-state index in [0.717, 1.165) is 3.57 Å². The first-order chi connectivity index (χ1) is 6.56. The highest BCUT2D eigenvalue weighted by Crippen LogP contribution is 2.24. The van der Waals surface area contributed by atoms with Crippen LogP contribution in [0.15, 0.2) is 6.07 Å². The van der Waals surface area contributed by atoms with Gasteiger partial charge in [-0.15, -0.1) is 0 Å². The number of halogens is 3. The third-order valence-corrected chi connectivity index (χ3v) is 2.89. The van der Waals surface area contributed by atoms with Gasteiger partial charge in [-0.1, -0.05) is 0 Å². The van der Waals surface area contributed by atoms with E-state index in [4.69, 9.17) is 5.26 Å². The van der Waals surface area contributed by atoms with Crippen LogP contribution in [-0.4, -0.2) is 4.98 Å². The summed E-state index contributed by atoms with van der Waals surface area (Å²) in [5.41, 5.74) is 0.669. The summed E-state index contributed by atoms with van der Waals surface area (Å²) in [5, 5.41) is 8.43. The molecule has 0 N–H and O–H groups in total. The fourth-order valence-corrected chi connectivity index (χ4v) is 1.67. The highest BCUT2D eigenvalue weighted by molar-refractivity contribution is 14.1. The molecule has 5 heteroatoms. The van der Waals surface area contributed by atoms with Gasteiger partial charge < -0.3 is 0 Å². The molecule has 0 atom stereocenters. The number of nitriles is 1. The molecule has 1 rings (SSSR count). The zero-order chi connectivity index (χ0) is 10.7. The smallest absolute Gasteiger partial charge is 0.250 e. The van der Waals surface area contributed by atoms with Crippen LogP contribution in [0.3, 0.4) is 0 Å². The molecular weight excluding hydrogens is 301 g/mol. The molecule has 0 aliphatic rings. The number of hydrogen-bond acceptors (Lipinski definition) is 2. The van der Waals surface area contributed by atoms with Crippen molar-refractivity contribution in [1.29, 1.82) is 5.26 Å². The lowest BCUT2D eigenvalue weighted by atomic mass is 10.2. The molecule has 2 nitrogen and oxygen atoms in total. The van der Waals surface area contributed by atoms with Gasteiger partial charge >= 0.3 is 0 Å². The normalized spacial score (nSPS) is 10.3. The van der Waals surface area contributed by atoms with Crippen molar-refractivity contribution in [2.75, 3.05) is 0 Å². The first-order valence-corrected chi connectivity index (χ1v) is 4.95. The average Bonchev–Trinajstić information content (AvgIpc) is 2.11. The molecule has 0 aliphatic carbocycles. The fourth-order valence-electron chi connectivity index (χ4n) is 1.03. The van der Waals surface area contributed by atoms with Crippen molar-refractivity contribution in [2.45, 2.75) is 19.8 Å². The minimum Gasteiger partial charge on any atom is -0.250 e. The number of aromatic nitrogens is 1. The van der Waals surface area contributed by atoms with Crippen molar-refractivity contribution in [2.24, 2.45) is 0 Å². The van der Waals surface area contributed by atoms with E-state index in [-0.39, 0.29) is 12.1 Å². The van der Waals surface area contributed by atoms with Crippen LogP contribution in [0, 0.1) is 21.8 Å². The molecule has 0 aromatic carbocycles. The van der Waals surface area contributed by atoms with Crippen molar-refractivity contribution in [3.8, 4) is 6.07 Å². The molecule has 14 heavy (non-hydrogen) atoms. The van der Waals surface area contributed by atoms with Crippen LogP contribution in [0.25, 0.3) is 0 Å². The Morgan fingerprint density at radius 3 is 2.79 bits per heavy atom. The predicted molar refractivity (Wildman–Crippen MR) is 56.0 cm³/mol. The third kappa shape index (κ3) is 2.38. The zero-order valence-corrected chi connectivity index (χ0v) is 9.55. The topological polar surface area (TPSA) is 36.7 Å². The predicted octanol–water partition coefficient (Wildman–Crippen LogP) is 3.00. The quantitative estimate of drug-likeness (QED) is 0.788.